The molecule has 1 rings (SSSR count). The molecule has 0 atom stereocenters. The Labute approximate surface area is 130 Å². The van der Waals surface area contributed by atoms with Gasteiger partial charge in [0, 0.05) is 19.8 Å². The first kappa shape index (κ1) is 17.5. The normalized spacial score (nSPS) is 11.1. The first-order valence-corrected chi connectivity index (χ1v) is 7.24. The lowest BCUT2D eigenvalue weighted by molar-refractivity contribution is -0.121. The number of nitrogens with zero attached hydrogens (tertiary/aromatic N) is 1. The van der Waals surface area contributed by atoms with Crippen molar-refractivity contribution in [2.24, 2.45) is 5.73 Å². The van der Waals surface area contributed by atoms with E-state index in [-0.39, 0.29) is 11.8 Å². The number of carbonyl (C=O) groups is 2. The van der Waals surface area contributed by atoms with Gasteiger partial charge in [0.15, 0.2) is 0 Å². The van der Waals surface area contributed by atoms with Crippen LogP contribution < -0.4 is 11.1 Å². The van der Waals surface area contributed by atoms with Crippen molar-refractivity contribution in [2.75, 3.05) is 19.4 Å². The second-order valence-corrected chi connectivity index (χ2v) is 5.62. The van der Waals surface area contributed by atoms with Gasteiger partial charge in [-0.15, -0.1) is 0 Å². The summed E-state index contributed by atoms with van der Waals surface area (Å²) in [5.41, 5.74) is 5.99. The van der Waals surface area contributed by atoms with Crippen molar-refractivity contribution < 1.29 is 9.59 Å². The molecular formula is C15H22ClN3O2. The number of benzene rings is 1. The van der Waals surface area contributed by atoms with Gasteiger partial charge in [0.2, 0.25) is 5.91 Å². The predicted molar refractivity (Wildman–Crippen MR) is 85.6 cm³/mol. The van der Waals surface area contributed by atoms with Crippen LogP contribution >= 0.6 is 11.6 Å². The number of anilines is 1. The highest BCUT2D eigenvalue weighted by atomic mass is 35.5. The third-order valence-corrected chi connectivity index (χ3v) is 3.90. The number of hydrogen-bond acceptors (Lipinski definition) is 3. The average molecular weight is 312 g/mol. The Kier molecular flexibility index (Phi) is 5.75. The number of hydrogen-bond donors (Lipinski definition) is 2. The summed E-state index contributed by atoms with van der Waals surface area (Å²) in [4.78, 5) is 25.7. The van der Waals surface area contributed by atoms with Crippen LogP contribution in [0.4, 0.5) is 5.69 Å². The van der Waals surface area contributed by atoms with Gasteiger partial charge in [0.05, 0.1) is 16.1 Å². The highest BCUT2D eigenvalue weighted by Gasteiger charge is 2.30. The van der Waals surface area contributed by atoms with Crippen LogP contribution in [0.2, 0.25) is 5.02 Å². The quantitative estimate of drug-likeness (QED) is 0.877. The molecule has 21 heavy (non-hydrogen) atoms. The maximum absolute atomic E-state index is 12.2. The van der Waals surface area contributed by atoms with Gasteiger partial charge in [-0.2, -0.15) is 0 Å². The maximum Gasteiger partial charge on any atom is 0.254 e. The molecule has 1 aromatic carbocycles. The van der Waals surface area contributed by atoms with E-state index in [0.29, 0.717) is 29.1 Å². The Balaban J connectivity index is 3.04. The topological polar surface area (TPSA) is 75.4 Å². The SMILES string of the molecule is CCC(N)(CC)C(=O)Nc1ccc(Cl)c(C(=O)N(C)C)c1. The van der Waals surface area contributed by atoms with Crippen LogP contribution in [0.1, 0.15) is 37.0 Å². The molecule has 1 aromatic rings. The van der Waals surface area contributed by atoms with E-state index in [4.69, 9.17) is 17.3 Å². The molecular weight excluding hydrogens is 290 g/mol. The number of rotatable bonds is 5. The van der Waals surface area contributed by atoms with E-state index in [2.05, 4.69) is 5.32 Å². The van der Waals surface area contributed by atoms with Crippen LogP contribution in [-0.2, 0) is 4.79 Å². The average Bonchev–Trinajstić information content (AvgIpc) is 2.47. The van der Waals surface area contributed by atoms with Gasteiger partial charge < -0.3 is 16.0 Å². The summed E-state index contributed by atoms with van der Waals surface area (Å²) in [6, 6.07) is 4.80. The molecule has 116 valence electrons. The summed E-state index contributed by atoms with van der Waals surface area (Å²) in [5, 5.41) is 3.10. The smallest absolute Gasteiger partial charge is 0.254 e. The summed E-state index contributed by atoms with van der Waals surface area (Å²) in [6.45, 7) is 3.73. The van der Waals surface area contributed by atoms with E-state index in [1.54, 1.807) is 32.3 Å². The van der Waals surface area contributed by atoms with Gasteiger partial charge in [-0.1, -0.05) is 25.4 Å². The lowest BCUT2D eigenvalue weighted by atomic mass is 9.93. The zero-order valence-corrected chi connectivity index (χ0v) is 13.6. The Bertz CT molecular complexity index is 540. The molecule has 0 aromatic heterocycles. The van der Waals surface area contributed by atoms with Crippen LogP contribution in [-0.4, -0.2) is 36.3 Å². The Hall–Kier alpha value is -1.59. The van der Waals surface area contributed by atoms with Gasteiger partial charge >= 0.3 is 0 Å². The lowest BCUT2D eigenvalue weighted by Crippen LogP contribution is -2.50. The molecule has 0 aliphatic carbocycles. The summed E-state index contributed by atoms with van der Waals surface area (Å²) in [7, 11) is 3.28. The van der Waals surface area contributed by atoms with Crippen molar-refractivity contribution in [1.29, 1.82) is 0 Å². The van der Waals surface area contributed by atoms with Gasteiger partial charge in [0.25, 0.3) is 5.91 Å². The lowest BCUT2D eigenvalue weighted by Gasteiger charge is -2.25. The third kappa shape index (κ3) is 3.95. The molecule has 6 heteroatoms. The first-order chi connectivity index (χ1) is 9.75. The molecule has 0 fully saturated rings. The predicted octanol–water partition coefficient (Wildman–Crippen LogP) is 2.50. The van der Waals surface area contributed by atoms with Crippen LogP contribution in [0.25, 0.3) is 0 Å². The van der Waals surface area contributed by atoms with E-state index in [1.165, 1.54) is 4.90 Å². The molecule has 0 aliphatic rings. The Morgan fingerprint density at radius 1 is 1.29 bits per heavy atom. The van der Waals surface area contributed by atoms with Crippen molar-refractivity contribution >= 4 is 29.1 Å². The fourth-order valence-corrected chi connectivity index (χ4v) is 2.03. The Morgan fingerprint density at radius 3 is 2.33 bits per heavy atom. The highest BCUT2D eigenvalue weighted by molar-refractivity contribution is 6.34. The van der Waals surface area contributed by atoms with E-state index in [0.717, 1.165) is 0 Å². The molecule has 0 spiro atoms. The largest absolute Gasteiger partial charge is 0.345 e. The van der Waals surface area contributed by atoms with Crippen molar-refractivity contribution in [3.05, 3.63) is 28.8 Å². The Morgan fingerprint density at radius 2 is 1.86 bits per heavy atom. The molecule has 0 aliphatic heterocycles. The van der Waals surface area contributed by atoms with Crippen molar-refractivity contribution in [3.8, 4) is 0 Å². The highest BCUT2D eigenvalue weighted by Crippen LogP contribution is 2.23. The van der Waals surface area contributed by atoms with Crippen LogP contribution in [0, 0.1) is 0 Å². The number of nitrogens with two attached hydrogens (primary N) is 1. The second kappa shape index (κ2) is 6.91. The minimum Gasteiger partial charge on any atom is -0.345 e. The van der Waals surface area contributed by atoms with E-state index in [1.807, 2.05) is 13.8 Å². The molecule has 5 nitrogen and oxygen atoms in total. The second-order valence-electron chi connectivity index (χ2n) is 5.21. The number of nitrogens with one attached hydrogen (secondary N) is 1. The number of carbonyl (C=O) groups excluding carboxylic acids is 2. The molecule has 0 saturated carbocycles. The fraction of sp³-hybridized carbons (Fsp3) is 0.467. The number of amides is 2. The van der Waals surface area contributed by atoms with Gasteiger partial charge in [-0.25, -0.2) is 0 Å². The fourth-order valence-electron chi connectivity index (χ4n) is 1.83. The molecule has 0 heterocycles. The van der Waals surface area contributed by atoms with E-state index >= 15 is 0 Å². The molecule has 0 bridgehead atoms. The molecule has 0 saturated heterocycles. The van der Waals surface area contributed by atoms with Gasteiger partial charge in [-0.3, -0.25) is 9.59 Å². The van der Waals surface area contributed by atoms with Crippen molar-refractivity contribution in [3.63, 3.8) is 0 Å². The zero-order valence-electron chi connectivity index (χ0n) is 12.9. The van der Waals surface area contributed by atoms with Crippen LogP contribution in [0.3, 0.4) is 0 Å². The van der Waals surface area contributed by atoms with E-state index in [9.17, 15) is 9.59 Å². The van der Waals surface area contributed by atoms with Crippen molar-refractivity contribution in [2.45, 2.75) is 32.2 Å². The number of halogens is 1. The van der Waals surface area contributed by atoms with E-state index < -0.39 is 5.54 Å². The minimum absolute atomic E-state index is 0.221. The molecule has 0 radical (unpaired) electrons. The third-order valence-electron chi connectivity index (χ3n) is 3.57. The maximum atomic E-state index is 12.2. The summed E-state index contributed by atoms with van der Waals surface area (Å²) in [5.74, 6) is -0.487. The monoisotopic (exact) mass is 311 g/mol. The molecule has 0 unspecified atom stereocenters. The standard InChI is InChI=1S/C15H22ClN3O2/c1-5-15(17,6-2)14(21)18-10-7-8-12(16)11(9-10)13(20)19(3)4/h7-9H,5-6,17H2,1-4H3,(H,18,21). The summed E-state index contributed by atoms with van der Waals surface area (Å²) in [6.07, 6.45) is 1.07. The van der Waals surface area contributed by atoms with Crippen LogP contribution in [0.15, 0.2) is 18.2 Å². The van der Waals surface area contributed by atoms with Crippen LogP contribution in [0.5, 0.6) is 0 Å². The molecule has 3 N–H and O–H groups in total. The molecule has 2 amide bonds. The van der Waals surface area contributed by atoms with Gasteiger partial charge in [0.1, 0.15) is 0 Å². The summed E-state index contributed by atoms with van der Waals surface area (Å²) >= 11 is 6.03. The van der Waals surface area contributed by atoms with Gasteiger partial charge in [-0.05, 0) is 31.0 Å². The minimum atomic E-state index is -0.911. The summed E-state index contributed by atoms with van der Waals surface area (Å²) < 4.78 is 0. The van der Waals surface area contributed by atoms with Crippen molar-refractivity contribution in [1.82, 2.24) is 4.90 Å². The zero-order chi connectivity index (χ0) is 16.2. The first-order valence-electron chi connectivity index (χ1n) is 6.86.